The van der Waals surface area contributed by atoms with Crippen LogP contribution >= 0.6 is 0 Å². The molecular formula is C18H28N2O3. The van der Waals surface area contributed by atoms with E-state index in [1.165, 1.54) is 0 Å². The molecule has 0 bridgehead atoms. The van der Waals surface area contributed by atoms with E-state index in [4.69, 9.17) is 9.47 Å². The maximum Gasteiger partial charge on any atom is 0.256 e. The fourth-order valence-electron chi connectivity index (χ4n) is 2.54. The van der Waals surface area contributed by atoms with Crippen LogP contribution in [0.2, 0.25) is 0 Å². The van der Waals surface area contributed by atoms with Crippen LogP contribution in [0.3, 0.4) is 0 Å². The van der Waals surface area contributed by atoms with Crippen LogP contribution in [0.4, 0.5) is 5.69 Å². The molecule has 1 unspecified atom stereocenters. The van der Waals surface area contributed by atoms with Crippen LogP contribution in [0.15, 0.2) is 24.3 Å². The lowest BCUT2D eigenvalue weighted by atomic mass is 9.99. The Morgan fingerprint density at radius 2 is 1.96 bits per heavy atom. The highest BCUT2D eigenvalue weighted by Gasteiger charge is 2.48. The predicted octanol–water partition coefficient (Wildman–Crippen LogP) is 2.77. The summed E-state index contributed by atoms with van der Waals surface area (Å²) in [6, 6.07) is 7.48. The van der Waals surface area contributed by atoms with Gasteiger partial charge in [0.1, 0.15) is 18.0 Å². The number of amides is 1. The van der Waals surface area contributed by atoms with Gasteiger partial charge in [0.15, 0.2) is 0 Å². The van der Waals surface area contributed by atoms with Crippen LogP contribution < -0.4 is 10.1 Å². The van der Waals surface area contributed by atoms with E-state index in [0.29, 0.717) is 19.1 Å². The average molecular weight is 320 g/mol. The fourth-order valence-corrected chi connectivity index (χ4v) is 2.54. The first kappa shape index (κ1) is 17.8. The van der Waals surface area contributed by atoms with E-state index in [0.717, 1.165) is 30.8 Å². The summed E-state index contributed by atoms with van der Waals surface area (Å²) in [5.74, 6) is 1.07. The summed E-state index contributed by atoms with van der Waals surface area (Å²) < 4.78 is 11.4. The van der Waals surface area contributed by atoms with Crippen LogP contribution in [0.25, 0.3) is 0 Å². The van der Waals surface area contributed by atoms with Crippen LogP contribution in [-0.2, 0) is 9.53 Å². The largest absolute Gasteiger partial charge is 0.492 e. The number of hydrogen-bond donors (Lipinski definition) is 1. The second kappa shape index (κ2) is 7.79. The number of nitrogens with zero attached hydrogens (tertiary/aromatic N) is 1. The smallest absolute Gasteiger partial charge is 0.256 e. The van der Waals surface area contributed by atoms with E-state index in [-0.39, 0.29) is 5.91 Å². The predicted molar refractivity (Wildman–Crippen MR) is 91.9 cm³/mol. The number of carbonyl (C=O) groups is 1. The standard InChI is InChI=1S/C18H28N2O3/c1-5-23-18(2,14-6-7-14)17(21)19-15-8-10-16(11-9-15)22-13-12-20(3)4/h8-11,14H,5-7,12-13H2,1-4H3,(H,19,21). The van der Waals surface area contributed by atoms with Crippen LogP contribution in [0, 0.1) is 5.92 Å². The van der Waals surface area contributed by atoms with Crippen molar-refractivity contribution < 1.29 is 14.3 Å². The zero-order valence-corrected chi connectivity index (χ0v) is 14.6. The molecule has 1 aliphatic rings. The monoisotopic (exact) mass is 320 g/mol. The highest BCUT2D eigenvalue weighted by molar-refractivity contribution is 5.97. The molecule has 0 aliphatic heterocycles. The minimum atomic E-state index is -0.727. The van der Waals surface area contributed by atoms with Crippen LogP contribution in [-0.4, -0.2) is 50.3 Å². The maximum absolute atomic E-state index is 12.6. The van der Waals surface area contributed by atoms with Crippen molar-refractivity contribution in [3.8, 4) is 5.75 Å². The number of ether oxygens (including phenoxy) is 2. The Kier molecular flexibility index (Phi) is 6.02. The topological polar surface area (TPSA) is 50.8 Å². The first-order valence-corrected chi connectivity index (χ1v) is 8.28. The lowest BCUT2D eigenvalue weighted by molar-refractivity contribution is -0.141. The van der Waals surface area contributed by atoms with Crippen molar-refractivity contribution in [2.24, 2.45) is 5.92 Å². The van der Waals surface area contributed by atoms with Crippen molar-refractivity contribution in [2.75, 3.05) is 39.2 Å². The fraction of sp³-hybridized carbons (Fsp3) is 0.611. The van der Waals surface area contributed by atoms with Gasteiger partial charge in [0.25, 0.3) is 5.91 Å². The van der Waals surface area contributed by atoms with E-state index >= 15 is 0 Å². The molecule has 0 spiro atoms. The van der Waals surface area contributed by atoms with Gasteiger partial charge in [-0.15, -0.1) is 0 Å². The van der Waals surface area contributed by atoms with Crippen molar-refractivity contribution in [3.63, 3.8) is 0 Å². The summed E-state index contributed by atoms with van der Waals surface area (Å²) in [5.41, 5.74) is 0.0388. The van der Waals surface area contributed by atoms with Crippen LogP contribution in [0.5, 0.6) is 5.75 Å². The molecule has 0 heterocycles. The van der Waals surface area contributed by atoms with Crippen molar-refractivity contribution in [1.29, 1.82) is 0 Å². The van der Waals surface area contributed by atoms with Gasteiger partial charge in [0.05, 0.1) is 0 Å². The van der Waals surface area contributed by atoms with Gasteiger partial charge in [-0.1, -0.05) is 0 Å². The van der Waals surface area contributed by atoms with Crippen molar-refractivity contribution >= 4 is 11.6 Å². The molecule has 0 aromatic heterocycles. The average Bonchev–Trinajstić information content (AvgIpc) is 3.34. The molecule has 1 aliphatic carbocycles. The summed E-state index contributed by atoms with van der Waals surface area (Å²) in [5, 5.41) is 2.96. The molecule has 0 radical (unpaired) electrons. The highest BCUT2D eigenvalue weighted by atomic mass is 16.5. The maximum atomic E-state index is 12.6. The Morgan fingerprint density at radius 1 is 1.30 bits per heavy atom. The number of benzene rings is 1. The molecule has 1 aromatic carbocycles. The van der Waals surface area contributed by atoms with Gasteiger partial charge in [-0.3, -0.25) is 4.79 Å². The molecule has 23 heavy (non-hydrogen) atoms. The quantitative estimate of drug-likeness (QED) is 0.760. The van der Waals surface area contributed by atoms with E-state index in [1.807, 2.05) is 52.2 Å². The molecule has 1 amide bonds. The molecule has 5 nitrogen and oxygen atoms in total. The minimum absolute atomic E-state index is 0.0665. The van der Waals surface area contributed by atoms with E-state index in [1.54, 1.807) is 0 Å². The third-order valence-corrected chi connectivity index (χ3v) is 4.17. The summed E-state index contributed by atoms with van der Waals surface area (Å²) in [7, 11) is 4.02. The zero-order chi connectivity index (χ0) is 16.9. The Hall–Kier alpha value is -1.59. The Balaban J connectivity index is 1.90. The van der Waals surface area contributed by atoms with Gasteiger partial charge in [0.2, 0.25) is 0 Å². The lowest BCUT2D eigenvalue weighted by Crippen LogP contribution is -2.44. The molecule has 1 atom stereocenters. The number of nitrogens with one attached hydrogen (secondary N) is 1. The molecule has 5 heteroatoms. The second-order valence-electron chi connectivity index (χ2n) is 6.44. The zero-order valence-electron chi connectivity index (χ0n) is 14.6. The van der Waals surface area contributed by atoms with Gasteiger partial charge in [-0.25, -0.2) is 0 Å². The highest BCUT2D eigenvalue weighted by Crippen LogP contribution is 2.42. The molecule has 1 N–H and O–H groups in total. The first-order chi connectivity index (χ1) is 11.0. The number of rotatable bonds is 9. The molecule has 1 fully saturated rings. The number of likely N-dealkylation sites (N-methyl/N-ethyl adjacent to an activating group) is 1. The molecular weight excluding hydrogens is 292 g/mol. The Morgan fingerprint density at radius 3 is 2.48 bits per heavy atom. The van der Waals surface area contributed by atoms with Gasteiger partial charge in [-0.2, -0.15) is 0 Å². The summed E-state index contributed by atoms with van der Waals surface area (Å²) in [6.45, 7) is 5.87. The van der Waals surface area contributed by atoms with Gasteiger partial charge in [0, 0.05) is 18.8 Å². The third kappa shape index (κ3) is 4.94. The third-order valence-electron chi connectivity index (χ3n) is 4.17. The SMILES string of the molecule is CCOC(C)(C(=O)Nc1ccc(OCCN(C)C)cc1)C1CC1. The van der Waals surface area contributed by atoms with Crippen molar-refractivity contribution in [2.45, 2.75) is 32.3 Å². The van der Waals surface area contributed by atoms with Gasteiger partial charge >= 0.3 is 0 Å². The molecule has 1 aromatic rings. The van der Waals surface area contributed by atoms with Crippen LogP contribution in [0.1, 0.15) is 26.7 Å². The molecule has 1 saturated carbocycles. The summed E-state index contributed by atoms with van der Waals surface area (Å²) in [4.78, 5) is 14.6. The Bertz CT molecular complexity index is 512. The lowest BCUT2D eigenvalue weighted by Gasteiger charge is -2.28. The first-order valence-electron chi connectivity index (χ1n) is 8.28. The van der Waals surface area contributed by atoms with E-state index < -0.39 is 5.60 Å². The van der Waals surface area contributed by atoms with E-state index in [2.05, 4.69) is 10.2 Å². The van der Waals surface area contributed by atoms with Gasteiger partial charge < -0.3 is 19.7 Å². The van der Waals surface area contributed by atoms with Crippen molar-refractivity contribution in [1.82, 2.24) is 4.90 Å². The second-order valence-corrected chi connectivity index (χ2v) is 6.44. The van der Waals surface area contributed by atoms with Gasteiger partial charge in [-0.05, 0) is 71.0 Å². The Labute approximate surface area is 139 Å². The summed E-state index contributed by atoms with van der Waals surface area (Å²) in [6.07, 6.45) is 2.12. The minimum Gasteiger partial charge on any atom is -0.492 e. The molecule has 2 rings (SSSR count). The van der Waals surface area contributed by atoms with Crippen molar-refractivity contribution in [3.05, 3.63) is 24.3 Å². The molecule has 0 saturated heterocycles. The molecule has 128 valence electrons. The number of carbonyl (C=O) groups excluding carboxylic acids is 1. The summed E-state index contributed by atoms with van der Waals surface area (Å²) >= 11 is 0. The normalized spacial score (nSPS) is 16.9. The number of hydrogen-bond acceptors (Lipinski definition) is 4. The van der Waals surface area contributed by atoms with E-state index in [9.17, 15) is 4.79 Å². The number of anilines is 1.